The lowest BCUT2D eigenvalue weighted by atomic mass is 10.1. The highest BCUT2D eigenvalue weighted by atomic mass is 16.7. The van der Waals surface area contributed by atoms with Crippen LogP contribution in [0.25, 0.3) is 0 Å². The topological polar surface area (TPSA) is 38.3 Å². The summed E-state index contributed by atoms with van der Waals surface area (Å²) in [6.07, 6.45) is 0.350. The van der Waals surface area contributed by atoms with Gasteiger partial charge in [-0.25, -0.2) is 5.48 Å². The van der Waals surface area contributed by atoms with E-state index in [0.29, 0.717) is 6.42 Å². The maximum atomic E-state index is 11.6. The molecule has 0 radical (unpaired) electrons. The molecular formula is C13H19NO2. The molecule has 3 nitrogen and oxygen atoms in total. The number of nitrogens with one attached hydrogen (secondary N) is 1. The summed E-state index contributed by atoms with van der Waals surface area (Å²) < 4.78 is 0. The number of rotatable bonds is 3. The van der Waals surface area contributed by atoms with Crippen molar-refractivity contribution in [2.45, 2.75) is 39.7 Å². The normalized spacial score (nSPS) is 11.2. The minimum absolute atomic E-state index is 0.121. The third kappa shape index (κ3) is 4.45. The van der Waals surface area contributed by atoms with Crippen LogP contribution in [0.1, 0.15) is 31.9 Å². The fourth-order valence-electron chi connectivity index (χ4n) is 1.23. The molecule has 1 rings (SSSR count). The van der Waals surface area contributed by atoms with Gasteiger partial charge in [0.2, 0.25) is 5.91 Å². The quantitative estimate of drug-likeness (QED) is 0.796. The van der Waals surface area contributed by atoms with E-state index in [1.165, 1.54) is 0 Å². The van der Waals surface area contributed by atoms with E-state index in [1.54, 1.807) is 0 Å². The van der Waals surface area contributed by atoms with E-state index in [-0.39, 0.29) is 11.5 Å². The maximum Gasteiger partial charge on any atom is 0.247 e. The van der Waals surface area contributed by atoms with Gasteiger partial charge in [-0.1, -0.05) is 24.3 Å². The Hall–Kier alpha value is -1.35. The molecule has 88 valence electrons. The standard InChI is InChI=1S/C13H19NO2/c1-10-7-5-6-8-11(10)9-12(15)14-16-13(2,3)4/h5-8H,9H2,1-4H3,(H,14,15). The number of benzene rings is 1. The number of carbonyl (C=O) groups is 1. The van der Waals surface area contributed by atoms with Crippen LogP contribution < -0.4 is 5.48 Å². The third-order valence-electron chi connectivity index (χ3n) is 2.08. The van der Waals surface area contributed by atoms with Crippen LogP contribution in [0.15, 0.2) is 24.3 Å². The first-order chi connectivity index (χ1) is 7.38. The fraction of sp³-hybridized carbons (Fsp3) is 0.462. The Morgan fingerprint density at radius 1 is 1.31 bits per heavy atom. The second-order valence-electron chi connectivity index (χ2n) is 4.84. The van der Waals surface area contributed by atoms with Crippen molar-refractivity contribution in [3.63, 3.8) is 0 Å². The van der Waals surface area contributed by atoms with Crippen LogP contribution in [0.4, 0.5) is 0 Å². The van der Waals surface area contributed by atoms with Crippen molar-refractivity contribution >= 4 is 5.91 Å². The summed E-state index contributed by atoms with van der Waals surface area (Å²) >= 11 is 0. The maximum absolute atomic E-state index is 11.6. The lowest BCUT2D eigenvalue weighted by Gasteiger charge is -2.19. The van der Waals surface area contributed by atoms with Gasteiger partial charge in [0.05, 0.1) is 12.0 Å². The van der Waals surface area contributed by atoms with Gasteiger partial charge in [-0.3, -0.25) is 9.63 Å². The second-order valence-corrected chi connectivity index (χ2v) is 4.84. The molecule has 0 aliphatic carbocycles. The Morgan fingerprint density at radius 3 is 2.50 bits per heavy atom. The minimum atomic E-state index is -0.360. The average Bonchev–Trinajstić information content (AvgIpc) is 2.18. The fourth-order valence-corrected chi connectivity index (χ4v) is 1.23. The first kappa shape index (κ1) is 12.7. The number of hydrogen-bond donors (Lipinski definition) is 1. The lowest BCUT2D eigenvalue weighted by Crippen LogP contribution is -2.34. The van der Waals surface area contributed by atoms with Crippen molar-refractivity contribution in [2.75, 3.05) is 0 Å². The summed E-state index contributed by atoms with van der Waals surface area (Å²) in [7, 11) is 0. The molecule has 1 N–H and O–H groups in total. The zero-order valence-corrected chi connectivity index (χ0v) is 10.3. The van der Waals surface area contributed by atoms with Crippen LogP contribution in [0, 0.1) is 6.92 Å². The molecule has 0 spiro atoms. The molecule has 0 saturated heterocycles. The molecule has 0 fully saturated rings. The van der Waals surface area contributed by atoms with E-state index in [9.17, 15) is 4.79 Å². The predicted octanol–water partition coefficient (Wildman–Crippen LogP) is 2.38. The zero-order chi connectivity index (χ0) is 12.2. The van der Waals surface area contributed by atoms with Gasteiger partial charge in [0.25, 0.3) is 0 Å². The molecule has 0 unspecified atom stereocenters. The molecular weight excluding hydrogens is 202 g/mol. The Bertz CT molecular complexity index is 366. The predicted molar refractivity (Wildman–Crippen MR) is 63.9 cm³/mol. The van der Waals surface area contributed by atoms with Gasteiger partial charge in [-0.15, -0.1) is 0 Å². The number of hydroxylamine groups is 1. The molecule has 1 aromatic rings. The number of hydrogen-bond acceptors (Lipinski definition) is 2. The smallest absolute Gasteiger partial charge is 0.247 e. The summed E-state index contributed by atoms with van der Waals surface area (Å²) in [5.74, 6) is -0.121. The SMILES string of the molecule is Cc1ccccc1CC(=O)NOC(C)(C)C. The molecule has 0 aromatic heterocycles. The van der Waals surface area contributed by atoms with Crippen LogP contribution >= 0.6 is 0 Å². The highest BCUT2D eigenvalue weighted by Gasteiger charge is 2.13. The van der Waals surface area contributed by atoms with Crippen molar-refractivity contribution in [1.29, 1.82) is 0 Å². The monoisotopic (exact) mass is 221 g/mol. The number of amides is 1. The molecule has 0 aliphatic heterocycles. The van der Waals surface area contributed by atoms with Crippen molar-refractivity contribution in [2.24, 2.45) is 0 Å². The first-order valence-electron chi connectivity index (χ1n) is 5.40. The summed E-state index contributed by atoms with van der Waals surface area (Å²) in [4.78, 5) is 16.8. The molecule has 16 heavy (non-hydrogen) atoms. The molecule has 3 heteroatoms. The number of carbonyl (C=O) groups excluding carboxylic acids is 1. The molecule has 1 aromatic carbocycles. The molecule has 0 heterocycles. The molecule has 1 amide bonds. The Morgan fingerprint density at radius 2 is 1.94 bits per heavy atom. The van der Waals surface area contributed by atoms with Crippen LogP contribution in [0.2, 0.25) is 0 Å². The van der Waals surface area contributed by atoms with Gasteiger partial charge in [0.1, 0.15) is 0 Å². The van der Waals surface area contributed by atoms with E-state index in [2.05, 4.69) is 5.48 Å². The van der Waals surface area contributed by atoms with Crippen LogP contribution in [-0.2, 0) is 16.1 Å². The number of aryl methyl sites for hydroxylation is 1. The average molecular weight is 221 g/mol. The van der Waals surface area contributed by atoms with E-state index in [4.69, 9.17) is 4.84 Å². The Balaban J connectivity index is 2.50. The van der Waals surface area contributed by atoms with Gasteiger partial charge in [-0.05, 0) is 38.8 Å². The lowest BCUT2D eigenvalue weighted by molar-refractivity contribution is -0.144. The van der Waals surface area contributed by atoms with Crippen LogP contribution in [-0.4, -0.2) is 11.5 Å². The van der Waals surface area contributed by atoms with E-state index < -0.39 is 0 Å². The van der Waals surface area contributed by atoms with Crippen molar-refractivity contribution < 1.29 is 9.63 Å². The van der Waals surface area contributed by atoms with E-state index >= 15 is 0 Å². The van der Waals surface area contributed by atoms with E-state index in [0.717, 1.165) is 11.1 Å². The van der Waals surface area contributed by atoms with Gasteiger partial charge in [-0.2, -0.15) is 0 Å². The molecule has 0 bridgehead atoms. The molecule has 0 saturated carbocycles. The molecule has 0 aliphatic rings. The summed E-state index contributed by atoms with van der Waals surface area (Å²) in [5.41, 5.74) is 4.24. The largest absolute Gasteiger partial charge is 0.272 e. The highest BCUT2D eigenvalue weighted by Crippen LogP contribution is 2.08. The highest BCUT2D eigenvalue weighted by molar-refractivity contribution is 5.77. The summed E-state index contributed by atoms with van der Waals surface area (Å²) in [5, 5.41) is 0. The van der Waals surface area contributed by atoms with Gasteiger partial charge < -0.3 is 0 Å². The Kier molecular flexibility index (Phi) is 4.07. The van der Waals surface area contributed by atoms with Gasteiger partial charge in [0.15, 0.2) is 0 Å². The van der Waals surface area contributed by atoms with Crippen LogP contribution in [0.3, 0.4) is 0 Å². The van der Waals surface area contributed by atoms with Crippen molar-refractivity contribution in [1.82, 2.24) is 5.48 Å². The van der Waals surface area contributed by atoms with Crippen molar-refractivity contribution in [3.8, 4) is 0 Å². The van der Waals surface area contributed by atoms with Crippen molar-refractivity contribution in [3.05, 3.63) is 35.4 Å². The van der Waals surface area contributed by atoms with E-state index in [1.807, 2.05) is 52.0 Å². The Labute approximate surface area is 96.8 Å². The third-order valence-corrected chi connectivity index (χ3v) is 2.08. The summed E-state index contributed by atoms with van der Waals surface area (Å²) in [6, 6.07) is 7.84. The van der Waals surface area contributed by atoms with Gasteiger partial charge >= 0.3 is 0 Å². The second kappa shape index (κ2) is 5.12. The molecule has 0 atom stereocenters. The minimum Gasteiger partial charge on any atom is -0.272 e. The van der Waals surface area contributed by atoms with Gasteiger partial charge in [0, 0.05) is 0 Å². The first-order valence-corrected chi connectivity index (χ1v) is 5.40. The zero-order valence-electron chi connectivity index (χ0n) is 10.3. The summed E-state index contributed by atoms with van der Waals surface area (Å²) in [6.45, 7) is 7.66. The van der Waals surface area contributed by atoms with Crippen LogP contribution in [0.5, 0.6) is 0 Å².